The minimum Gasteiger partial charge on any atom is -0.463 e. The molecule has 4 aromatic rings. The predicted molar refractivity (Wildman–Crippen MR) is 97.1 cm³/mol. The number of aromatic amines is 1. The summed E-state index contributed by atoms with van der Waals surface area (Å²) in [6.07, 6.45) is 4.41. The predicted octanol–water partition coefficient (Wildman–Crippen LogP) is 4.65. The van der Waals surface area contributed by atoms with Crippen LogP contribution < -0.4 is 0 Å². The largest absolute Gasteiger partial charge is 0.463 e. The Morgan fingerprint density at radius 2 is 2.00 bits per heavy atom. The van der Waals surface area contributed by atoms with Crippen LogP contribution in [-0.2, 0) is 6.42 Å². The number of nitrogens with zero attached hydrogens (tertiary/aromatic N) is 3. The van der Waals surface area contributed by atoms with Crippen LogP contribution in [0.15, 0.2) is 65.5 Å². The molecule has 25 heavy (non-hydrogen) atoms. The van der Waals surface area contributed by atoms with E-state index >= 15 is 0 Å². The lowest BCUT2D eigenvalue weighted by atomic mass is 10.1. The van der Waals surface area contributed by atoms with Crippen molar-refractivity contribution in [1.29, 1.82) is 0 Å². The van der Waals surface area contributed by atoms with Gasteiger partial charge in [0.25, 0.3) is 0 Å². The van der Waals surface area contributed by atoms with E-state index in [1.807, 2.05) is 43.6 Å². The van der Waals surface area contributed by atoms with Crippen molar-refractivity contribution < 1.29 is 4.42 Å². The van der Waals surface area contributed by atoms with Crippen molar-refractivity contribution in [2.24, 2.45) is 0 Å². The molecule has 5 heteroatoms. The number of furan rings is 1. The van der Waals surface area contributed by atoms with Crippen molar-refractivity contribution in [2.45, 2.75) is 26.3 Å². The quantitative estimate of drug-likeness (QED) is 0.579. The molecule has 1 N–H and O–H groups in total. The van der Waals surface area contributed by atoms with Crippen LogP contribution in [0.4, 0.5) is 0 Å². The Labute approximate surface area is 146 Å². The van der Waals surface area contributed by atoms with Gasteiger partial charge in [-0.3, -0.25) is 5.10 Å². The molecule has 4 rings (SSSR count). The fourth-order valence-electron chi connectivity index (χ4n) is 3.14. The van der Waals surface area contributed by atoms with Crippen molar-refractivity contribution in [3.8, 4) is 22.7 Å². The van der Waals surface area contributed by atoms with Gasteiger partial charge in [0.05, 0.1) is 24.0 Å². The molecule has 1 unspecified atom stereocenters. The van der Waals surface area contributed by atoms with Gasteiger partial charge in [-0.05, 0) is 32.0 Å². The van der Waals surface area contributed by atoms with Crippen LogP contribution in [-0.4, -0.2) is 19.7 Å². The molecule has 0 aliphatic carbocycles. The normalized spacial score (nSPS) is 12.4. The molecular formula is C20H20N4O. The first kappa shape index (κ1) is 15.4. The summed E-state index contributed by atoms with van der Waals surface area (Å²) in [7, 11) is 0. The molecule has 0 amide bonds. The van der Waals surface area contributed by atoms with E-state index in [1.54, 1.807) is 6.26 Å². The molecule has 0 saturated heterocycles. The van der Waals surface area contributed by atoms with Gasteiger partial charge in [0.1, 0.15) is 5.69 Å². The summed E-state index contributed by atoms with van der Waals surface area (Å²) in [4.78, 5) is 4.69. The third-order valence-electron chi connectivity index (χ3n) is 4.33. The van der Waals surface area contributed by atoms with E-state index < -0.39 is 0 Å². The van der Waals surface area contributed by atoms with Crippen molar-refractivity contribution in [3.05, 3.63) is 72.5 Å². The van der Waals surface area contributed by atoms with Crippen LogP contribution in [0.25, 0.3) is 22.7 Å². The first-order chi connectivity index (χ1) is 12.2. The average Bonchev–Trinajstić information content (AvgIpc) is 3.35. The fraction of sp³-hybridized carbons (Fsp3) is 0.200. The van der Waals surface area contributed by atoms with Crippen LogP contribution in [0.5, 0.6) is 0 Å². The number of H-pyrrole nitrogens is 1. The molecule has 1 aromatic carbocycles. The number of nitrogens with one attached hydrogen (secondary N) is 1. The lowest BCUT2D eigenvalue weighted by molar-refractivity contribution is 0.524. The number of hydrogen-bond acceptors (Lipinski definition) is 3. The minimum atomic E-state index is 0.202. The monoisotopic (exact) mass is 332 g/mol. The molecule has 0 saturated carbocycles. The molecule has 1 atom stereocenters. The standard InChI is InChI=1S/C20H20N4O/c1-14-11-17(23-22-14)12-15(2)24-13-21-19(16-7-4-3-5-8-16)20(24)18-9-6-10-25-18/h3-11,13,15H,12H2,1-2H3,(H,22,23). The van der Waals surface area contributed by atoms with E-state index in [2.05, 4.69) is 44.9 Å². The van der Waals surface area contributed by atoms with Gasteiger partial charge >= 0.3 is 0 Å². The summed E-state index contributed by atoms with van der Waals surface area (Å²) < 4.78 is 7.87. The molecule has 3 heterocycles. The van der Waals surface area contributed by atoms with Crippen LogP contribution in [0.2, 0.25) is 0 Å². The second kappa shape index (κ2) is 6.43. The summed E-state index contributed by atoms with van der Waals surface area (Å²) in [5.74, 6) is 0.821. The maximum Gasteiger partial charge on any atom is 0.152 e. The Kier molecular flexibility index (Phi) is 3.98. The lowest BCUT2D eigenvalue weighted by Gasteiger charge is -2.15. The molecule has 0 aliphatic rings. The Morgan fingerprint density at radius 3 is 2.68 bits per heavy atom. The second-order valence-corrected chi connectivity index (χ2v) is 6.29. The highest BCUT2D eigenvalue weighted by molar-refractivity contribution is 5.76. The maximum atomic E-state index is 5.70. The molecule has 5 nitrogen and oxygen atoms in total. The molecule has 0 bridgehead atoms. The van der Waals surface area contributed by atoms with E-state index in [9.17, 15) is 0 Å². The molecule has 3 aromatic heterocycles. The summed E-state index contributed by atoms with van der Waals surface area (Å²) >= 11 is 0. The number of rotatable bonds is 5. The Balaban J connectivity index is 1.76. The molecule has 0 fully saturated rings. The Bertz CT molecular complexity index is 951. The smallest absolute Gasteiger partial charge is 0.152 e. The third kappa shape index (κ3) is 3.01. The van der Waals surface area contributed by atoms with E-state index in [0.29, 0.717) is 0 Å². The van der Waals surface area contributed by atoms with E-state index in [0.717, 1.165) is 40.5 Å². The van der Waals surface area contributed by atoms with Gasteiger partial charge in [0.2, 0.25) is 0 Å². The molecule has 126 valence electrons. The molecular weight excluding hydrogens is 312 g/mol. The Hall–Kier alpha value is -3.08. The van der Waals surface area contributed by atoms with Crippen molar-refractivity contribution in [3.63, 3.8) is 0 Å². The zero-order valence-corrected chi connectivity index (χ0v) is 14.3. The average molecular weight is 332 g/mol. The third-order valence-corrected chi connectivity index (χ3v) is 4.33. The molecule has 0 radical (unpaired) electrons. The first-order valence-corrected chi connectivity index (χ1v) is 8.39. The fourth-order valence-corrected chi connectivity index (χ4v) is 3.14. The topological polar surface area (TPSA) is 59.6 Å². The van der Waals surface area contributed by atoms with E-state index in [4.69, 9.17) is 4.42 Å². The molecule has 0 spiro atoms. The minimum absolute atomic E-state index is 0.202. The summed E-state index contributed by atoms with van der Waals surface area (Å²) in [6, 6.07) is 16.4. The van der Waals surface area contributed by atoms with E-state index in [-0.39, 0.29) is 6.04 Å². The van der Waals surface area contributed by atoms with Crippen molar-refractivity contribution >= 4 is 0 Å². The highest BCUT2D eigenvalue weighted by Crippen LogP contribution is 2.34. The summed E-state index contributed by atoms with van der Waals surface area (Å²) in [6.45, 7) is 4.19. The second-order valence-electron chi connectivity index (χ2n) is 6.29. The van der Waals surface area contributed by atoms with Gasteiger partial charge in [-0.25, -0.2) is 4.98 Å². The number of imidazole rings is 1. The Morgan fingerprint density at radius 1 is 1.16 bits per heavy atom. The number of aromatic nitrogens is 4. The SMILES string of the molecule is Cc1cc(CC(C)n2cnc(-c3ccccc3)c2-c2ccco2)n[nH]1. The molecule has 0 aliphatic heterocycles. The van der Waals surface area contributed by atoms with Gasteiger partial charge in [-0.1, -0.05) is 30.3 Å². The zero-order chi connectivity index (χ0) is 17.2. The van der Waals surface area contributed by atoms with Crippen molar-refractivity contribution in [2.75, 3.05) is 0 Å². The zero-order valence-electron chi connectivity index (χ0n) is 14.3. The summed E-state index contributed by atoms with van der Waals surface area (Å²) in [5.41, 5.74) is 5.13. The van der Waals surface area contributed by atoms with Crippen LogP contribution in [0, 0.1) is 6.92 Å². The first-order valence-electron chi connectivity index (χ1n) is 8.39. The lowest BCUT2D eigenvalue weighted by Crippen LogP contribution is -2.09. The van der Waals surface area contributed by atoms with Gasteiger partial charge in [0.15, 0.2) is 5.76 Å². The van der Waals surface area contributed by atoms with Gasteiger partial charge in [-0.2, -0.15) is 5.10 Å². The van der Waals surface area contributed by atoms with Crippen LogP contribution in [0.3, 0.4) is 0 Å². The highest BCUT2D eigenvalue weighted by atomic mass is 16.3. The summed E-state index contributed by atoms with van der Waals surface area (Å²) in [5, 5.41) is 7.36. The van der Waals surface area contributed by atoms with E-state index in [1.165, 1.54) is 0 Å². The van der Waals surface area contributed by atoms with Crippen molar-refractivity contribution in [1.82, 2.24) is 19.7 Å². The number of aryl methyl sites for hydroxylation is 1. The number of hydrogen-bond donors (Lipinski definition) is 1. The van der Waals surface area contributed by atoms with Gasteiger partial charge in [0, 0.05) is 23.7 Å². The highest BCUT2D eigenvalue weighted by Gasteiger charge is 2.20. The van der Waals surface area contributed by atoms with Crippen LogP contribution in [0.1, 0.15) is 24.4 Å². The van der Waals surface area contributed by atoms with Gasteiger partial charge in [-0.15, -0.1) is 0 Å². The van der Waals surface area contributed by atoms with Crippen LogP contribution >= 0.6 is 0 Å². The van der Waals surface area contributed by atoms with Gasteiger partial charge < -0.3 is 8.98 Å². The maximum absolute atomic E-state index is 5.70. The number of benzene rings is 1.